The summed E-state index contributed by atoms with van der Waals surface area (Å²) in [6, 6.07) is 15.4. The zero-order valence-electron chi connectivity index (χ0n) is 20.8. The quantitative estimate of drug-likeness (QED) is 0.189. The van der Waals surface area contributed by atoms with Gasteiger partial charge in [-0.15, -0.1) is 0 Å². The lowest BCUT2D eigenvalue weighted by molar-refractivity contribution is 0.00124. The maximum Gasteiger partial charge on any atom is 0.150 e. The Balaban J connectivity index is 1.55. The molecule has 6 rings (SSSR count). The number of aliphatic hydroxyl groups excluding tert-OH is 2. The molecule has 4 aromatic rings. The van der Waals surface area contributed by atoms with Gasteiger partial charge in [-0.05, 0) is 35.4 Å². The monoisotopic (exact) mass is 546 g/mol. The molecule has 206 valence electrons. The molecular formula is C30H26O10. The molecule has 0 amide bonds. The van der Waals surface area contributed by atoms with Crippen LogP contribution >= 0.6 is 0 Å². The molecule has 2 aliphatic heterocycles. The number of phenols is 6. The molecule has 10 nitrogen and oxygen atoms in total. The minimum absolute atomic E-state index is 0.00114. The molecule has 4 aromatic carbocycles. The number of benzene rings is 4. The molecular weight excluding hydrogens is 520 g/mol. The number of hydrogen-bond donors (Lipinski definition) is 8. The molecule has 0 saturated carbocycles. The third-order valence-corrected chi connectivity index (χ3v) is 7.46. The first kappa shape index (κ1) is 25.5. The lowest BCUT2D eigenvalue weighted by Crippen LogP contribution is -2.36. The molecule has 0 bridgehead atoms. The van der Waals surface area contributed by atoms with Crippen molar-refractivity contribution >= 4 is 0 Å². The summed E-state index contributed by atoms with van der Waals surface area (Å²) in [5.74, 6) is -2.59. The normalized spacial score (nSPS) is 23.4. The molecule has 10 heteroatoms. The second-order valence-corrected chi connectivity index (χ2v) is 10.0. The van der Waals surface area contributed by atoms with Crippen LogP contribution in [0.3, 0.4) is 0 Å². The van der Waals surface area contributed by atoms with E-state index in [1.807, 2.05) is 0 Å². The molecule has 0 radical (unpaired) electrons. The standard InChI is InChI=1S/C30H26O10/c31-15-5-1-13(2-6-15)28-22(37)11-18-19(34)12-21(36)25(30(18)40-28)26-24-20(35)9-17(33)10-23(24)39-29(27(26)38)14-3-7-16(32)8-4-14/h1-10,12,22,26-29,31-38H,11H2/t22-,26-,27-,28-,29-/m0/s1. The summed E-state index contributed by atoms with van der Waals surface area (Å²) >= 11 is 0. The van der Waals surface area contributed by atoms with E-state index in [-0.39, 0.29) is 57.6 Å². The van der Waals surface area contributed by atoms with Gasteiger partial charge in [-0.2, -0.15) is 0 Å². The van der Waals surface area contributed by atoms with E-state index < -0.39 is 41.8 Å². The van der Waals surface area contributed by atoms with Crippen molar-refractivity contribution in [1.29, 1.82) is 0 Å². The van der Waals surface area contributed by atoms with Gasteiger partial charge < -0.3 is 50.3 Å². The SMILES string of the molecule is Oc1ccc([C@@H]2Oc3cc(O)cc(O)c3[C@@H](c3c(O)cc(O)c4c3O[C@@H](c3ccc(O)cc3)[C@@H](O)C4)[C@@H]2O)cc1. The van der Waals surface area contributed by atoms with Crippen molar-refractivity contribution in [3.05, 3.63) is 94.5 Å². The lowest BCUT2D eigenvalue weighted by atomic mass is 9.77. The summed E-state index contributed by atoms with van der Waals surface area (Å²) in [4.78, 5) is 0. The van der Waals surface area contributed by atoms with Crippen molar-refractivity contribution in [1.82, 2.24) is 0 Å². The fourth-order valence-corrected chi connectivity index (χ4v) is 5.60. The van der Waals surface area contributed by atoms with Crippen LogP contribution in [0.4, 0.5) is 0 Å². The van der Waals surface area contributed by atoms with E-state index in [0.717, 1.165) is 12.1 Å². The Morgan fingerprint density at radius 1 is 0.575 bits per heavy atom. The summed E-state index contributed by atoms with van der Waals surface area (Å²) in [6.07, 6.45) is -4.61. The molecule has 0 aliphatic carbocycles. The molecule has 40 heavy (non-hydrogen) atoms. The number of aromatic hydroxyl groups is 6. The first-order valence-electron chi connectivity index (χ1n) is 12.5. The Bertz CT molecular complexity index is 1580. The third kappa shape index (κ3) is 4.14. The Hall–Kier alpha value is -4.80. The zero-order valence-corrected chi connectivity index (χ0v) is 20.8. The Morgan fingerprint density at radius 3 is 1.77 bits per heavy atom. The van der Waals surface area contributed by atoms with Gasteiger partial charge in [0, 0.05) is 41.3 Å². The van der Waals surface area contributed by atoms with Crippen LogP contribution < -0.4 is 9.47 Å². The van der Waals surface area contributed by atoms with Crippen molar-refractivity contribution in [2.24, 2.45) is 0 Å². The molecule has 5 atom stereocenters. The average Bonchev–Trinajstić information content (AvgIpc) is 2.91. The van der Waals surface area contributed by atoms with Crippen LogP contribution in [0.5, 0.6) is 46.0 Å². The van der Waals surface area contributed by atoms with Crippen LogP contribution in [-0.4, -0.2) is 53.1 Å². The Kier molecular flexibility index (Phi) is 6.01. The van der Waals surface area contributed by atoms with E-state index >= 15 is 0 Å². The summed E-state index contributed by atoms with van der Waals surface area (Å²) in [6.45, 7) is 0. The first-order chi connectivity index (χ1) is 19.1. The van der Waals surface area contributed by atoms with Crippen LogP contribution in [0.2, 0.25) is 0 Å². The Morgan fingerprint density at radius 2 is 1.15 bits per heavy atom. The van der Waals surface area contributed by atoms with Crippen LogP contribution in [0, 0.1) is 0 Å². The highest BCUT2D eigenvalue weighted by molar-refractivity contribution is 5.65. The number of hydrogen-bond acceptors (Lipinski definition) is 10. The highest BCUT2D eigenvalue weighted by Gasteiger charge is 2.46. The number of fused-ring (bicyclic) bond motifs is 2. The van der Waals surface area contributed by atoms with Gasteiger partial charge in [0.2, 0.25) is 0 Å². The minimum Gasteiger partial charge on any atom is -0.508 e. The van der Waals surface area contributed by atoms with Crippen molar-refractivity contribution in [3.63, 3.8) is 0 Å². The molecule has 0 saturated heterocycles. The van der Waals surface area contributed by atoms with Gasteiger partial charge in [0.05, 0.1) is 12.0 Å². The molecule has 0 unspecified atom stereocenters. The van der Waals surface area contributed by atoms with Crippen molar-refractivity contribution in [3.8, 4) is 46.0 Å². The van der Waals surface area contributed by atoms with E-state index in [1.165, 1.54) is 30.3 Å². The number of rotatable bonds is 3. The molecule has 0 aromatic heterocycles. The van der Waals surface area contributed by atoms with Gasteiger partial charge in [0.25, 0.3) is 0 Å². The third-order valence-electron chi connectivity index (χ3n) is 7.46. The second-order valence-electron chi connectivity index (χ2n) is 10.0. The van der Waals surface area contributed by atoms with E-state index in [4.69, 9.17) is 9.47 Å². The minimum atomic E-state index is -1.44. The fraction of sp³-hybridized carbons (Fsp3) is 0.200. The van der Waals surface area contributed by atoms with E-state index in [0.29, 0.717) is 11.1 Å². The van der Waals surface area contributed by atoms with Crippen molar-refractivity contribution in [2.75, 3.05) is 0 Å². The summed E-state index contributed by atoms with van der Waals surface area (Å²) in [7, 11) is 0. The second kappa shape index (κ2) is 9.44. The summed E-state index contributed by atoms with van der Waals surface area (Å²) in [5, 5.41) is 85.1. The van der Waals surface area contributed by atoms with Crippen molar-refractivity contribution in [2.45, 2.75) is 36.8 Å². The largest absolute Gasteiger partial charge is 0.508 e. The van der Waals surface area contributed by atoms with Gasteiger partial charge >= 0.3 is 0 Å². The van der Waals surface area contributed by atoms with E-state index in [9.17, 15) is 40.9 Å². The van der Waals surface area contributed by atoms with Crippen LogP contribution in [0.15, 0.2) is 66.7 Å². The van der Waals surface area contributed by atoms with Crippen molar-refractivity contribution < 1.29 is 50.3 Å². The fourth-order valence-electron chi connectivity index (χ4n) is 5.60. The maximum atomic E-state index is 11.7. The van der Waals surface area contributed by atoms with E-state index in [2.05, 4.69) is 0 Å². The Labute approximate surface area is 227 Å². The highest BCUT2D eigenvalue weighted by Crippen LogP contribution is 2.57. The zero-order chi connectivity index (χ0) is 28.3. The highest BCUT2D eigenvalue weighted by atomic mass is 16.5. The lowest BCUT2D eigenvalue weighted by Gasteiger charge is -2.40. The van der Waals surface area contributed by atoms with Gasteiger partial charge in [-0.25, -0.2) is 0 Å². The topological polar surface area (TPSA) is 180 Å². The molecule has 2 heterocycles. The van der Waals surface area contributed by atoms with Crippen LogP contribution in [-0.2, 0) is 6.42 Å². The van der Waals surface area contributed by atoms with E-state index in [1.54, 1.807) is 24.3 Å². The van der Waals surface area contributed by atoms with Gasteiger partial charge in [-0.3, -0.25) is 0 Å². The van der Waals surface area contributed by atoms with Gasteiger partial charge in [0.1, 0.15) is 58.2 Å². The molecule has 2 aliphatic rings. The summed E-state index contributed by atoms with van der Waals surface area (Å²) < 4.78 is 12.3. The van der Waals surface area contributed by atoms with Gasteiger partial charge in [0.15, 0.2) is 6.10 Å². The molecule has 0 spiro atoms. The maximum absolute atomic E-state index is 11.7. The van der Waals surface area contributed by atoms with Crippen LogP contribution in [0.1, 0.15) is 45.9 Å². The number of ether oxygens (including phenoxy) is 2. The number of aliphatic hydroxyl groups is 2. The molecule has 8 N–H and O–H groups in total. The van der Waals surface area contributed by atoms with Gasteiger partial charge in [-0.1, -0.05) is 24.3 Å². The number of phenolic OH excluding ortho intramolecular Hbond substituents is 6. The summed E-state index contributed by atoms with van der Waals surface area (Å²) in [5.41, 5.74) is 1.28. The smallest absolute Gasteiger partial charge is 0.150 e. The van der Waals surface area contributed by atoms with Crippen LogP contribution in [0.25, 0.3) is 0 Å². The predicted octanol–water partition coefficient (Wildman–Crippen LogP) is 3.58. The first-order valence-corrected chi connectivity index (χ1v) is 12.5. The predicted molar refractivity (Wildman–Crippen MR) is 140 cm³/mol. The average molecular weight is 547 g/mol. The molecule has 0 fully saturated rings.